The standard InChI is InChI=1S/C9H9ClN4OS/c1-15-8-4-2-3-7(10)6(8)5-14-9(16)11-12-13-14/h2-4H,5H2,1H3,(H,11,13,16). The third-order valence-electron chi connectivity index (χ3n) is 2.14. The molecule has 84 valence electrons. The lowest BCUT2D eigenvalue weighted by atomic mass is 10.2. The van der Waals surface area contributed by atoms with Crippen LogP contribution in [0.4, 0.5) is 0 Å². The Morgan fingerprint density at radius 3 is 3.00 bits per heavy atom. The average Bonchev–Trinajstić information content (AvgIpc) is 2.67. The Labute approximate surface area is 102 Å². The van der Waals surface area contributed by atoms with Gasteiger partial charge >= 0.3 is 0 Å². The highest BCUT2D eigenvalue weighted by atomic mass is 35.5. The number of nitrogens with zero attached hydrogens (tertiary/aromatic N) is 3. The van der Waals surface area contributed by atoms with Gasteiger partial charge in [-0.15, -0.1) is 0 Å². The summed E-state index contributed by atoms with van der Waals surface area (Å²) in [5.41, 5.74) is 0.841. The molecule has 16 heavy (non-hydrogen) atoms. The van der Waals surface area contributed by atoms with E-state index in [4.69, 9.17) is 28.6 Å². The van der Waals surface area contributed by atoms with E-state index in [1.165, 1.54) is 0 Å². The molecular weight excluding hydrogens is 248 g/mol. The number of methoxy groups -OCH3 is 1. The lowest BCUT2D eigenvalue weighted by molar-refractivity contribution is 0.407. The van der Waals surface area contributed by atoms with Crippen LogP contribution in [0.5, 0.6) is 5.75 Å². The fraction of sp³-hybridized carbons (Fsp3) is 0.222. The minimum atomic E-state index is 0.377. The number of hydrogen-bond donors (Lipinski definition) is 1. The quantitative estimate of drug-likeness (QED) is 0.854. The third kappa shape index (κ3) is 2.07. The van der Waals surface area contributed by atoms with Crippen molar-refractivity contribution < 1.29 is 4.74 Å². The van der Waals surface area contributed by atoms with Gasteiger partial charge in [0.15, 0.2) is 0 Å². The van der Waals surface area contributed by atoms with Crippen molar-refractivity contribution >= 4 is 23.8 Å². The molecule has 1 N–H and O–H groups in total. The minimum Gasteiger partial charge on any atom is -0.496 e. The van der Waals surface area contributed by atoms with E-state index >= 15 is 0 Å². The number of halogens is 1. The first-order chi connectivity index (χ1) is 7.72. The van der Waals surface area contributed by atoms with E-state index in [0.29, 0.717) is 22.1 Å². The number of tetrazole rings is 1. The summed E-state index contributed by atoms with van der Waals surface area (Å²) in [6.45, 7) is 0.453. The zero-order valence-corrected chi connectivity index (χ0v) is 10.0. The van der Waals surface area contributed by atoms with Crippen LogP contribution in [-0.4, -0.2) is 27.3 Å². The maximum Gasteiger partial charge on any atom is 0.238 e. The van der Waals surface area contributed by atoms with Crippen molar-refractivity contribution in [3.63, 3.8) is 0 Å². The van der Waals surface area contributed by atoms with Gasteiger partial charge in [0.2, 0.25) is 4.77 Å². The molecule has 0 fully saturated rings. The molecule has 0 saturated carbocycles. The number of ether oxygens (including phenoxy) is 1. The van der Waals surface area contributed by atoms with Crippen LogP contribution in [0.1, 0.15) is 5.56 Å². The molecule has 0 aliphatic carbocycles. The summed E-state index contributed by atoms with van der Waals surface area (Å²) in [6.07, 6.45) is 0. The summed E-state index contributed by atoms with van der Waals surface area (Å²) in [4.78, 5) is 0. The molecule has 1 aromatic heterocycles. The Bertz CT molecular complexity index is 550. The molecule has 1 aromatic carbocycles. The van der Waals surface area contributed by atoms with Crippen LogP contribution >= 0.6 is 23.8 Å². The Kier molecular flexibility index (Phi) is 3.21. The first-order valence-corrected chi connectivity index (χ1v) is 5.30. The zero-order chi connectivity index (χ0) is 11.5. The molecule has 1 heterocycles. The smallest absolute Gasteiger partial charge is 0.238 e. The van der Waals surface area contributed by atoms with Gasteiger partial charge in [0.25, 0.3) is 0 Å². The highest BCUT2D eigenvalue weighted by molar-refractivity contribution is 7.71. The van der Waals surface area contributed by atoms with Crippen molar-refractivity contribution in [2.24, 2.45) is 0 Å². The van der Waals surface area contributed by atoms with Crippen molar-refractivity contribution in [3.8, 4) is 5.75 Å². The van der Waals surface area contributed by atoms with Gasteiger partial charge in [-0.05, 0) is 24.4 Å². The number of benzene rings is 1. The SMILES string of the molecule is COc1cccc(Cl)c1Cn1[nH]nnc1=S. The van der Waals surface area contributed by atoms with E-state index < -0.39 is 0 Å². The van der Waals surface area contributed by atoms with Crippen LogP contribution in [0.2, 0.25) is 5.02 Å². The van der Waals surface area contributed by atoms with Gasteiger partial charge < -0.3 is 4.74 Å². The summed E-state index contributed by atoms with van der Waals surface area (Å²) >= 11 is 11.1. The summed E-state index contributed by atoms with van der Waals surface area (Å²) in [6, 6.07) is 5.47. The number of aromatic amines is 1. The molecule has 0 spiro atoms. The molecule has 0 atom stereocenters. The van der Waals surface area contributed by atoms with Gasteiger partial charge in [-0.1, -0.05) is 28.0 Å². The van der Waals surface area contributed by atoms with Crippen LogP contribution in [0, 0.1) is 4.77 Å². The Morgan fingerprint density at radius 1 is 1.56 bits per heavy atom. The molecular formula is C9H9ClN4OS. The highest BCUT2D eigenvalue weighted by Crippen LogP contribution is 2.26. The molecule has 0 amide bonds. The maximum atomic E-state index is 6.10. The fourth-order valence-electron chi connectivity index (χ4n) is 1.36. The van der Waals surface area contributed by atoms with Gasteiger partial charge in [-0.25, -0.2) is 4.68 Å². The van der Waals surface area contributed by atoms with E-state index in [1.54, 1.807) is 17.9 Å². The Balaban J connectivity index is 2.41. The van der Waals surface area contributed by atoms with Crippen LogP contribution in [0.15, 0.2) is 18.2 Å². The van der Waals surface area contributed by atoms with Gasteiger partial charge in [-0.2, -0.15) is 5.21 Å². The second-order valence-corrected chi connectivity index (χ2v) is 3.86. The molecule has 0 radical (unpaired) electrons. The van der Waals surface area contributed by atoms with Crippen LogP contribution in [0.25, 0.3) is 0 Å². The number of nitrogens with one attached hydrogen (secondary N) is 1. The molecule has 0 unspecified atom stereocenters. The van der Waals surface area contributed by atoms with Crippen LogP contribution in [0.3, 0.4) is 0 Å². The predicted octanol–water partition coefficient (Wildman–Crippen LogP) is 2.05. The van der Waals surface area contributed by atoms with E-state index in [-0.39, 0.29) is 0 Å². The first kappa shape index (κ1) is 11.1. The number of rotatable bonds is 3. The third-order valence-corrected chi connectivity index (χ3v) is 2.80. The molecule has 5 nitrogen and oxygen atoms in total. The van der Waals surface area contributed by atoms with Crippen LogP contribution < -0.4 is 4.74 Å². The largest absolute Gasteiger partial charge is 0.496 e. The van der Waals surface area contributed by atoms with E-state index in [0.717, 1.165) is 5.56 Å². The molecule has 0 saturated heterocycles. The summed E-state index contributed by atoms with van der Waals surface area (Å²) in [5.74, 6) is 0.712. The maximum absolute atomic E-state index is 6.10. The Morgan fingerprint density at radius 2 is 2.38 bits per heavy atom. The summed E-state index contributed by atoms with van der Waals surface area (Å²) in [5, 5.41) is 10.6. The molecule has 7 heteroatoms. The van der Waals surface area contributed by atoms with E-state index in [1.807, 2.05) is 12.1 Å². The van der Waals surface area contributed by atoms with Gasteiger partial charge in [0.05, 0.1) is 13.7 Å². The molecule has 2 aromatic rings. The Hall–Kier alpha value is -1.40. The van der Waals surface area contributed by atoms with Crippen molar-refractivity contribution in [1.29, 1.82) is 0 Å². The summed E-state index contributed by atoms with van der Waals surface area (Å²) in [7, 11) is 1.60. The minimum absolute atomic E-state index is 0.377. The first-order valence-electron chi connectivity index (χ1n) is 4.51. The average molecular weight is 257 g/mol. The number of H-pyrrole nitrogens is 1. The lowest BCUT2D eigenvalue weighted by Crippen LogP contribution is -2.04. The van der Waals surface area contributed by atoms with E-state index in [2.05, 4.69) is 15.5 Å². The predicted molar refractivity (Wildman–Crippen MR) is 62.3 cm³/mol. The van der Waals surface area contributed by atoms with Crippen molar-refractivity contribution in [1.82, 2.24) is 20.2 Å². The van der Waals surface area contributed by atoms with E-state index in [9.17, 15) is 0 Å². The van der Waals surface area contributed by atoms with Gasteiger partial charge in [-0.3, -0.25) is 0 Å². The normalized spacial score (nSPS) is 10.4. The van der Waals surface area contributed by atoms with Crippen molar-refractivity contribution in [3.05, 3.63) is 33.6 Å². The van der Waals surface area contributed by atoms with Crippen LogP contribution in [-0.2, 0) is 6.54 Å². The second kappa shape index (κ2) is 4.63. The second-order valence-electron chi connectivity index (χ2n) is 3.09. The topological polar surface area (TPSA) is 55.7 Å². The van der Waals surface area contributed by atoms with Crippen molar-refractivity contribution in [2.75, 3.05) is 7.11 Å². The van der Waals surface area contributed by atoms with Gasteiger partial charge in [0, 0.05) is 10.6 Å². The monoisotopic (exact) mass is 256 g/mol. The molecule has 0 aliphatic heterocycles. The van der Waals surface area contributed by atoms with Gasteiger partial charge in [0.1, 0.15) is 5.75 Å². The summed E-state index contributed by atoms with van der Waals surface area (Å²) < 4.78 is 7.22. The number of aromatic nitrogens is 4. The number of hydrogen-bond acceptors (Lipinski definition) is 4. The molecule has 0 bridgehead atoms. The molecule has 2 rings (SSSR count). The molecule has 0 aliphatic rings. The highest BCUT2D eigenvalue weighted by Gasteiger charge is 2.09. The van der Waals surface area contributed by atoms with Crippen molar-refractivity contribution in [2.45, 2.75) is 6.54 Å². The lowest BCUT2D eigenvalue weighted by Gasteiger charge is -2.09. The fourth-order valence-corrected chi connectivity index (χ4v) is 1.73. The zero-order valence-electron chi connectivity index (χ0n) is 8.48.